The van der Waals surface area contributed by atoms with Gasteiger partial charge in [-0.3, -0.25) is 9.59 Å². The average molecular weight is 844 g/mol. The summed E-state index contributed by atoms with van der Waals surface area (Å²) in [4.78, 5) is 38.0. The molecule has 5 aromatic rings. The maximum atomic E-state index is 13.2. The highest BCUT2D eigenvalue weighted by Gasteiger charge is 2.37. The van der Waals surface area contributed by atoms with Crippen molar-refractivity contribution in [3.63, 3.8) is 0 Å². The van der Waals surface area contributed by atoms with E-state index in [1.54, 1.807) is 12.0 Å². The van der Waals surface area contributed by atoms with Crippen molar-refractivity contribution in [3.8, 4) is 23.0 Å². The van der Waals surface area contributed by atoms with Crippen molar-refractivity contribution in [3.05, 3.63) is 119 Å². The Balaban J connectivity index is 0.000000260. The fourth-order valence-electron chi connectivity index (χ4n) is 7.90. The molecule has 0 amide bonds. The molecule has 2 fully saturated rings. The lowest BCUT2D eigenvalue weighted by Crippen LogP contribution is -2.45. The standard InChI is InChI=1S/C30H29F3N4O4.C16H23NO3/c1-19-25(35-27(41-19)21-7-3-2-4-8-21)12-15-40-23-9-5-6-20(17-23)16-22-18-37(14-11-24(22)28(38)39)29-34-13-10-26(36-29)30(31,32)33;1-3-20-16(18)15-7-8-17-11-13(15)9-12-5-4-6-14(10-12)19-2/h2-10,13,17,22,24H,11-12,14-16,18H2,1H3,(H,38,39);4-6,10,13,15,17H,3,7-9,11H2,1-2H3/t22-,24+;13-,15+/m11/s1. The minimum absolute atomic E-state index is 0.00222. The first-order chi connectivity index (χ1) is 29.4. The number of alkyl halides is 3. The lowest BCUT2D eigenvalue weighted by Gasteiger charge is -2.37. The van der Waals surface area contributed by atoms with Crippen LogP contribution in [0.4, 0.5) is 19.1 Å². The van der Waals surface area contributed by atoms with Crippen molar-refractivity contribution in [1.29, 1.82) is 0 Å². The molecule has 2 aliphatic rings. The summed E-state index contributed by atoms with van der Waals surface area (Å²) in [6.07, 6.45) is -0.561. The molecule has 12 nitrogen and oxygen atoms in total. The number of nitrogens with zero attached hydrogens (tertiary/aromatic N) is 4. The predicted octanol–water partition coefficient (Wildman–Crippen LogP) is 7.88. The van der Waals surface area contributed by atoms with Gasteiger partial charge < -0.3 is 34.0 Å². The molecule has 2 aliphatic heterocycles. The zero-order chi connectivity index (χ0) is 43.4. The average Bonchev–Trinajstić information content (AvgIpc) is 3.64. The van der Waals surface area contributed by atoms with E-state index in [9.17, 15) is 27.9 Å². The normalized spacial score (nSPS) is 19.0. The van der Waals surface area contributed by atoms with Crippen LogP contribution < -0.4 is 19.7 Å². The highest BCUT2D eigenvalue weighted by Crippen LogP contribution is 2.33. The van der Waals surface area contributed by atoms with Crippen molar-refractivity contribution in [1.82, 2.24) is 20.3 Å². The molecular formula is C46H52F3N5O7. The van der Waals surface area contributed by atoms with Crippen LogP contribution in [0.5, 0.6) is 11.5 Å². The zero-order valence-electron chi connectivity index (χ0n) is 34.6. The zero-order valence-corrected chi connectivity index (χ0v) is 34.6. The number of hydrogen-bond acceptors (Lipinski definition) is 11. The van der Waals surface area contributed by atoms with E-state index in [1.807, 2.05) is 86.6 Å². The third kappa shape index (κ3) is 12.3. The van der Waals surface area contributed by atoms with Crippen LogP contribution in [0.25, 0.3) is 11.5 Å². The first-order valence-corrected chi connectivity index (χ1v) is 20.5. The maximum absolute atomic E-state index is 13.2. The van der Waals surface area contributed by atoms with E-state index in [2.05, 4.69) is 26.3 Å². The van der Waals surface area contributed by atoms with Gasteiger partial charge in [-0.15, -0.1) is 0 Å². The number of methoxy groups -OCH3 is 1. The molecule has 0 radical (unpaired) electrons. The number of aliphatic carboxylic acids is 1. The number of nitrogens with one attached hydrogen (secondary N) is 1. The molecule has 2 saturated heterocycles. The number of oxazole rings is 1. The van der Waals surface area contributed by atoms with Crippen molar-refractivity contribution in [2.24, 2.45) is 23.7 Å². The minimum atomic E-state index is -4.59. The monoisotopic (exact) mass is 843 g/mol. The number of carbonyl (C=O) groups excluding carboxylic acids is 1. The summed E-state index contributed by atoms with van der Waals surface area (Å²) in [6, 6.07) is 25.9. The van der Waals surface area contributed by atoms with Crippen LogP contribution in [0.15, 0.2) is 95.5 Å². The van der Waals surface area contributed by atoms with Gasteiger partial charge in [0.15, 0.2) is 0 Å². The number of aromatic nitrogens is 3. The Morgan fingerprint density at radius 3 is 2.34 bits per heavy atom. The highest BCUT2D eigenvalue weighted by atomic mass is 19.4. The molecule has 4 heterocycles. The van der Waals surface area contributed by atoms with Gasteiger partial charge in [0, 0.05) is 31.3 Å². The molecule has 0 spiro atoms. The summed E-state index contributed by atoms with van der Waals surface area (Å²) in [7, 11) is 1.67. The lowest BCUT2D eigenvalue weighted by atomic mass is 9.81. The summed E-state index contributed by atoms with van der Waals surface area (Å²) in [5.74, 6) is 1.04. The van der Waals surface area contributed by atoms with Gasteiger partial charge in [-0.05, 0) is 118 Å². The second-order valence-corrected chi connectivity index (χ2v) is 15.2. The quantitative estimate of drug-likeness (QED) is 0.105. The summed E-state index contributed by atoms with van der Waals surface area (Å²) in [5.41, 5.74) is 2.75. The van der Waals surface area contributed by atoms with Crippen LogP contribution in [-0.2, 0) is 39.8 Å². The molecule has 2 N–H and O–H groups in total. The molecule has 324 valence electrons. The number of aryl methyl sites for hydroxylation is 1. The summed E-state index contributed by atoms with van der Waals surface area (Å²) >= 11 is 0. The molecule has 61 heavy (non-hydrogen) atoms. The molecule has 2 aromatic heterocycles. The van der Waals surface area contributed by atoms with Gasteiger partial charge in [0.1, 0.15) is 23.0 Å². The van der Waals surface area contributed by atoms with Crippen LogP contribution in [0.2, 0.25) is 0 Å². The van der Waals surface area contributed by atoms with Crippen molar-refractivity contribution < 1.29 is 46.5 Å². The molecule has 4 atom stereocenters. The van der Waals surface area contributed by atoms with E-state index in [-0.39, 0.29) is 49.2 Å². The molecule has 7 rings (SSSR count). The van der Waals surface area contributed by atoms with E-state index in [4.69, 9.17) is 18.6 Å². The first kappa shape index (κ1) is 44.6. The van der Waals surface area contributed by atoms with E-state index >= 15 is 0 Å². The number of carboxylic acid groups (broad SMARTS) is 1. The molecule has 0 bridgehead atoms. The SMILES string of the molecule is CCOC(=O)[C@H]1CCNC[C@H]1Cc1cccc(OC)c1.Cc1oc(-c2ccccc2)nc1CCOc1cccc(C[C@@H]2CN(c3nccc(C(F)(F)F)n3)CC[C@@H]2C(=O)O)c1. The number of rotatable bonds is 14. The fraction of sp³-hybridized carbons (Fsp3) is 0.413. The summed E-state index contributed by atoms with van der Waals surface area (Å²) in [5, 5.41) is 13.2. The van der Waals surface area contributed by atoms with Crippen molar-refractivity contribution in [2.45, 2.75) is 52.1 Å². The third-order valence-corrected chi connectivity index (χ3v) is 11.0. The predicted molar refractivity (Wildman–Crippen MR) is 222 cm³/mol. The first-order valence-electron chi connectivity index (χ1n) is 20.5. The van der Waals surface area contributed by atoms with Gasteiger partial charge in [-0.2, -0.15) is 13.2 Å². The van der Waals surface area contributed by atoms with E-state index in [1.165, 1.54) is 5.56 Å². The Labute approximate surface area is 353 Å². The fourth-order valence-corrected chi connectivity index (χ4v) is 7.90. The molecule has 0 unspecified atom stereocenters. The number of halogens is 3. The number of anilines is 1. The molecule has 3 aromatic carbocycles. The number of carboxylic acids is 1. The second-order valence-electron chi connectivity index (χ2n) is 15.2. The Morgan fingerprint density at radius 1 is 0.918 bits per heavy atom. The van der Waals surface area contributed by atoms with Crippen molar-refractivity contribution >= 4 is 17.9 Å². The van der Waals surface area contributed by atoms with E-state index < -0.39 is 23.8 Å². The van der Waals surface area contributed by atoms with E-state index in [0.717, 1.165) is 66.5 Å². The van der Waals surface area contributed by atoms with Gasteiger partial charge in [0.05, 0.1) is 37.9 Å². The number of hydrogen-bond donors (Lipinski definition) is 2. The van der Waals surface area contributed by atoms with Crippen LogP contribution in [0, 0.1) is 30.6 Å². The number of piperidine rings is 2. The molecule has 0 aliphatic carbocycles. The van der Waals surface area contributed by atoms with Crippen LogP contribution in [0.1, 0.15) is 48.0 Å². The summed E-state index contributed by atoms with van der Waals surface area (Å²) < 4.78 is 61.8. The number of ether oxygens (including phenoxy) is 3. The van der Waals surface area contributed by atoms with Gasteiger partial charge >= 0.3 is 18.1 Å². The smallest absolute Gasteiger partial charge is 0.433 e. The molecule has 15 heteroatoms. The topological polar surface area (TPSA) is 149 Å². The van der Waals surface area contributed by atoms with Gasteiger partial charge in [-0.25, -0.2) is 15.0 Å². The van der Waals surface area contributed by atoms with Crippen molar-refractivity contribution in [2.75, 3.05) is 51.4 Å². The number of esters is 1. The lowest BCUT2D eigenvalue weighted by molar-refractivity contribution is -0.151. The van der Waals surface area contributed by atoms with E-state index in [0.29, 0.717) is 37.7 Å². The Bertz CT molecular complexity index is 2200. The largest absolute Gasteiger partial charge is 0.497 e. The number of carbonyl (C=O) groups is 2. The molecular weight excluding hydrogens is 792 g/mol. The maximum Gasteiger partial charge on any atom is 0.433 e. The molecule has 0 saturated carbocycles. The van der Waals surface area contributed by atoms with Gasteiger partial charge in [0.25, 0.3) is 0 Å². The minimum Gasteiger partial charge on any atom is -0.497 e. The summed E-state index contributed by atoms with van der Waals surface area (Å²) in [6.45, 7) is 6.77. The van der Waals surface area contributed by atoms with Crippen LogP contribution >= 0.6 is 0 Å². The Hall–Kier alpha value is -5.96. The third-order valence-electron chi connectivity index (χ3n) is 11.0. The Morgan fingerprint density at radius 2 is 1.64 bits per heavy atom. The van der Waals surface area contributed by atoms with Gasteiger partial charge in [0.2, 0.25) is 11.8 Å². The highest BCUT2D eigenvalue weighted by molar-refractivity contribution is 5.73. The van der Waals surface area contributed by atoms with Gasteiger partial charge in [-0.1, -0.05) is 42.5 Å². The second kappa shape index (κ2) is 21.0. The number of benzene rings is 3. The Kier molecular flexibility index (Phi) is 15.4. The van der Waals surface area contributed by atoms with Crippen LogP contribution in [0.3, 0.4) is 0 Å². The van der Waals surface area contributed by atoms with Crippen LogP contribution in [-0.4, -0.2) is 78.5 Å².